The molecule has 2 unspecified atom stereocenters. The van der Waals surface area contributed by atoms with Crippen LogP contribution in [-0.4, -0.2) is 39.9 Å². The zero-order valence-electron chi connectivity index (χ0n) is 20.5. The van der Waals surface area contributed by atoms with E-state index in [-0.39, 0.29) is 43.7 Å². The highest BCUT2D eigenvalue weighted by atomic mass is 19.1. The Morgan fingerprint density at radius 3 is 2.86 bits per heavy atom. The van der Waals surface area contributed by atoms with Crippen molar-refractivity contribution in [2.45, 2.75) is 58.2 Å². The molecule has 0 spiro atoms. The van der Waals surface area contributed by atoms with Gasteiger partial charge in [-0.3, -0.25) is 9.59 Å². The zero-order valence-corrected chi connectivity index (χ0v) is 20.5. The molecule has 0 saturated carbocycles. The van der Waals surface area contributed by atoms with Gasteiger partial charge in [-0.15, -0.1) is 0 Å². The Bertz CT molecular complexity index is 1560. The number of aliphatic hydroxyl groups is 1. The maximum atomic E-state index is 14.9. The number of nitrogens with one attached hydrogen (secondary N) is 1. The van der Waals surface area contributed by atoms with Gasteiger partial charge in [0.1, 0.15) is 19.0 Å². The van der Waals surface area contributed by atoms with Gasteiger partial charge >= 0.3 is 12.1 Å². The lowest BCUT2D eigenvalue weighted by Crippen LogP contribution is -2.33. The molecule has 2 aliphatic heterocycles. The lowest BCUT2D eigenvalue weighted by Gasteiger charge is -2.29. The predicted molar refractivity (Wildman–Crippen MR) is 131 cm³/mol. The summed E-state index contributed by atoms with van der Waals surface area (Å²) < 4.78 is 26.9. The van der Waals surface area contributed by atoms with Crippen LogP contribution in [0.5, 0.6) is 0 Å². The molecule has 3 aromatic rings. The first-order chi connectivity index (χ1) is 17.8. The van der Waals surface area contributed by atoms with Crippen molar-refractivity contribution in [3.8, 4) is 11.4 Å². The van der Waals surface area contributed by atoms with Crippen LogP contribution in [0.2, 0.25) is 0 Å². The number of alkyl carbamates (subject to hydrolysis) is 1. The topological polar surface area (TPSA) is 120 Å². The first-order valence-electron chi connectivity index (χ1n) is 12.5. The van der Waals surface area contributed by atoms with Gasteiger partial charge in [0.25, 0.3) is 5.56 Å². The number of aromatic nitrogens is 2. The molecule has 0 bridgehead atoms. The molecular formula is C27H26FN3O6. The number of nitrogens with zero attached hydrogens (tertiary/aromatic N) is 2. The lowest BCUT2D eigenvalue weighted by atomic mass is 9.81. The second kappa shape index (κ2) is 8.65. The Balaban J connectivity index is 1.58. The van der Waals surface area contributed by atoms with Gasteiger partial charge in [-0.25, -0.2) is 14.2 Å². The number of amides is 1. The van der Waals surface area contributed by atoms with Crippen molar-refractivity contribution in [1.82, 2.24) is 14.9 Å². The summed E-state index contributed by atoms with van der Waals surface area (Å²) in [5.41, 5.74) is 5.41. The molecule has 0 radical (unpaired) electrons. The fourth-order valence-corrected chi connectivity index (χ4v) is 6.04. The van der Waals surface area contributed by atoms with E-state index in [0.717, 1.165) is 22.1 Å². The number of aryl methyl sites for hydroxylation is 1. The second-order valence-corrected chi connectivity index (χ2v) is 9.73. The summed E-state index contributed by atoms with van der Waals surface area (Å²) in [6.45, 7) is 3.35. The number of hydrogen-bond acceptors (Lipinski definition) is 7. The zero-order chi connectivity index (χ0) is 26.0. The second-order valence-electron chi connectivity index (χ2n) is 9.73. The van der Waals surface area contributed by atoms with E-state index in [9.17, 15) is 18.8 Å². The Labute approximate surface area is 211 Å². The number of halogens is 1. The molecule has 3 aliphatic rings. The first kappa shape index (κ1) is 23.6. The van der Waals surface area contributed by atoms with Gasteiger partial charge in [0, 0.05) is 17.0 Å². The van der Waals surface area contributed by atoms with E-state index in [0.29, 0.717) is 52.9 Å². The number of esters is 1. The van der Waals surface area contributed by atoms with Crippen molar-refractivity contribution in [3.05, 3.63) is 61.7 Å². The van der Waals surface area contributed by atoms with Crippen LogP contribution in [0.15, 0.2) is 16.9 Å². The monoisotopic (exact) mass is 507 g/mol. The highest BCUT2D eigenvalue weighted by molar-refractivity contribution is 5.93. The van der Waals surface area contributed by atoms with Crippen LogP contribution >= 0.6 is 0 Å². The first-order valence-corrected chi connectivity index (χ1v) is 12.5. The van der Waals surface area contributed by atoms with Gasteiger partial charge in [0.05, 0.1) is 47.6 Å². The molecule has 2 aromatic heterocycles. The molecule has 10 heteroatoms. The van der Waals surface area contributed by atoms with Gasteiger partial charge in [-0.2, -0.15) is 0 Å². The van der Waals surface area contributed by atoms with Gasteiger partial charge in [-0.05, 0) is 54.5 Å². The minimum Gasteiger partial charge on any atom is -0.460 e. The highest BCUT2D eigenvalue weighted by Crippen LogP contribution is 2.45. The summed E-state index contributed by atoms with van der Waals surface area (Å²) in [4.78, 5) is 43.3. The van der Waals surface area contributed by atoms with Gasteiger partial charge in [-0.1, -0.05) is 6.92 Å². The van der Waals surface area contributed by atoms with Crippen LogP contribution < -0.4 is 10.9 Å². The van der Waals surface area contributed by atoms with E-state index in [1.165, 1.54) is 6.07 Å². The van der Waals surface area contributed by atoms with Crippen LogP contribution in [0, 0.1) is 12.7 Å². The number of rotatable bonds is 4. The molecule has 192 valence electrons. The number of pyridine rings is 2. The van der Waals surface area contributed by atoms with Crippen molar-refractivity contribution < 1.29 is 28.6 Å². The molecule has 37 heavy (non-hydrogen) atoms. The molecule has 2 atom stereocenters. The average molecular weight is 508 g/mol. The Hall–Kier alpha value is -3.79. The molecular weight excluding hydrogens is 481 g/mol. The molecule has 9 nitrogen and oxygen atoms in total. The van der Waals surface area contributed by atoms with Crippen LogP contribution in [0.4, 0.5) is 9.18 Å². The third kappa shape index (κ3) is 3.46. The summed E-state index contributed by atoms with van der Waals surface area (Å²) in [6, 6.07) is 2.79. The molecule has 2 N–H and O–H groups in total. The summed E-state index contributed by atoms with van der Waals surface area (Å²) in [6.07, 6.45) is 0.883. The normalized spacial score (nSPS) is 19.2. The Morgan fingerprint density at radius 1 is 1.30 bits per heavy atom. The van der Waals surface area contributed by atoms with E-state index < -0.39 is 18.1 Å². The standard InChI is InChI=1S/C27H26FN3O6/c1-3-13-15-8-21-24-16(10-31(21)25(33)17(15)11-37-26(13)34)23-19(30-27(35)36-7-6-32)5-4-14-12(2)18(28)9-20(29-24)22(14)23/h8-9,13,19,32H,3-7,10-11H2,1-2H3,(H,30,35). The van der Waals surface area contributed by atoms with Crippen molar-refractivity contribution >= 4 is 23.0 Å². The fourth-order valence-electron chi connectivity index (χ4n) is 6.04. The minimum atomic E-state index is -0.662. The average Bonchev–Trinajstić information content (AvgIpc) is 3.25. The number of hydrogen-bond donors (Lipinski definition) is 2. The van der Waals surface area contributed by atoms with E-state index in [2.05, 4.69) is 5.32 Å². The van der Waals surface area contributed by atoms with Crippen LogP contribution in [0.1, 0.15) is 65.1 Å². The smallest absolute Gasteiger partial charge is 0.407 e. The molecule has 0 saturated heterocycles. The summed E-state index contributed by atoms with van der Waals surface area (Å²) in [5.74, 6) is -1.25. The SMILES string of the molecule is CCC1C(=O)OCc2c1cc1n(c2=O)Cc2c-1nc1cc(F)c(C)c3c1c2C(NC(=O)OCCO)CC3. The maximum absolute atomic E-state index is 14.9. The number of cyclic esters (lactones) is 1. The third-order valence-electron chi connectivity index (χ3n) is 7.81. The lowest BCUT2D eigenvalue weighted by molar-refractivity contribution is -0.148. The number of benzene rings is 1. The number of carbonyl (C=O) groups excluding carboxylic acids is 2. The fraction of sp³-hybridized carbons (Fsp3) is 0.407. The van der Waals surface area contributed by atoms with E-state index in [1.807, 2.05) is 13.0 Å². The number of fused-ring (bicyclic) bond motifs is 5. The van der Waals surface area contributed by atoms with E-state index in [1.54, 1.807) is 11.5 Å². The van der Waals surface area contributed by atoms with Gasteiger partial charge in [0.15, 0.2) is 0 Å². The third-order valence-corrected chi connectivity index (χ3v) is 7.81. The van der Waals surface area contributed by atoms with Crippen molar-refractivity contribution in [2.75, 3.05) is 13.2 Å². The number of aliphatic hydroxyl groups excluding tert-OH is 1. The molecule has 6 rings (SSSR count). The largest absolute Gasteiger partial charge is 0.460 e. The highest BCUT2D eigenvalue weighted by Gasteiger charge is 2.37. The minimum absolute atomic E-state index is 0.0716. The van der Waals surface area contributed by atoms with Crippen molar-refractivity contribution in [3.63, 3.8) is 0 Å². The van der Waals surface area contributed by atoms with E-state index >= 15 is 0 Å². The molecule has 1 aliphatic carbocycles. The summed E-state index contributed by atoms with van der Waals surface area (Å²) >= 11 is 0. The van der Waals surface area contributed by atoms with Gasteiger partial charge in [0.2, 0.25) is 0 Å². The molecule has 1 amide bonds. The van der Waals surface area contributed by atoms with E-state index in [4.69, 9.17) is 19.6 Å². The van der Waals surface area contributed by atoms with Crippen LogP contribution in [-0.2, 0) is 33.8 Å². The summed E-state index contributed by atoms with van der Waals surface area (Å²) in [5, 5.41) is 12.7. The Morgan fingerprint density at radius 2 is 2.11 bits per heavy atom. The maximum Gasteiger partial charge on any atom is 0.407 e. The predicted octanol–water partition coefficient (Wildman–Crippen LogP) is 3.13. The van der Waals surface area contributed by atoms with Crippen LogP contribution in [0.25, 0.3) is 22.3 Å². The van der Waals surface area contributed by atoms with Crippen molar-refractivity contribution in [2.24, 2.45) is 0 Å². The van der Waals surface area contributed by atoms with Crippen molar-refractivity contribution in [1.29, 1.82) is 0 Å². The summed E-state index contributed by atoms with van der Waals surface area (Å²) in [7, 11) is 0. The Kier molecular flexibility index (Phi) is 5.52. The molecule has 4 heterocycles. The number of carbonyl (C=O) groups is 2. The number of ether oxygens (including phenoxy) is 2. The van der Waals surface area contributed by atoms with Crippen LogP contribution in [0.3, 0.4) is 0 Å². The van der Waals surface area contributed by atoms with Gasteiger partial charge < -0.3 is 24.5 Å². The quantitative estimate of drug-likeness (QED) is 0.407. The molecule has 1 aromatic carbocycles. The molecule has 0 fully saturated rings.